The van der Waals surface area contributed by atoms with Gasteiger partial charge in [0, 0.05) is 5.02 Å². The summed E-state index contributed by atoms with van der Waals surface area (Å²) in [6, 6.07) is 2.17. The van der Waals surface area contributed by atoms with Crippen LogP contribution in [0.2, 0.25) is 10.0 Å². The first-order valence-corrected chi connectivity index (χ1v) is 5.59. The van der Waals surface area contributed by atoms with Gasteiger partial charge in [0.2, 0.25) is 0 Å². The zero-order valence-corrected chi connectivity index (χ0v) is 10.6. The summed E-state index contributed by atoms with van der Waals surface area (Å²) >= 11 is 11.2. The summed E-state index contributed by atoms with van der Waals surface area (Å²) in [6.45, 7) is -1.05. The maximum absolute atomic E-state index is 12.0. The van der Waals surface area contributed by atoms with Crippen molar-refractivity contribution in [3.63, 3.8) is 0 Å². The van der Waals surface area contributed by atoms with E-state index in [0.29, 0.717) is 0 Å². The third-order valence-corrected chi connectivity index (χ3v) is 2.61. The summed E-state index contributed by atoms with van der Waals surface area (Å²) in [5, 5.41) is 19.8. The Balaban J connectivity index is 2.80. The van der Waals surface area contributed by atoms with E-state index in [1.807, 2.05) is 5.32 Å². The molecule has 0 aliphatic carbocycles. The minimum atomic E-state index is -4.85. The summed E-state index contributed by atoms with van der Waals surface area (Å²) in [4.78, 5) is 11.6. The van der Waals surface area contributed by atoms with Gasteiger partial charge in [0.15, 0.2) is 6.10 Å². The van der Waals surface area contributed by atoms with Crippen molar-refractivity contribution < 1.29 is 28.2 Å². The first kappa shape index (κ1) is 15.9. The van der Waals surface area contributed by atoms with Gasteiger partial charge in [-0.05, 0) is 12.1 Å². The van der Waals surface area contributed by atoms with Gasteiger partial charge in [-0.3, -0.25) is 4.79 Å². The van der Waals surface area contributed by atoms with Crippen LogP contribution in [0.1, 0.15) is 10.4 Å². The van der Waals surface area contributed by atoms with Crippen LogP contribution < -0.4 is 5.32 Å². The lowest BCUT2D eigenvalue weighted by atomic mass is 10.2. The monoisotopic (exact) mass is 317 g/mol. The van der Waals surface area contributed by atoms with Gasteiger partial charge in [-0.1, -0.05) is 23.2 Å². The predicted octanol–water partition coefficient (Wildman–Crippen LogP) is 2.35. The molecule has 0 fully saturated rings. The number of aliphatic hydroxyl groups excluding tert-OH is 1. The molecule has 0 heterocycles. The lowest BCUT2D eigenvalue weighted by Crippen LogP contribution is -2.40. The van der Waals surface area contributed by atoms with Crippen LogP contribution in [0.4, 0.5) is 13.2 Å². The molecule has 0 spiro atoms. The molecule has 106 valence electrons. The van der Waals surface area contributed by atoms with Crippen molar-refractivity contribution in [2.75, 3.05) is 6.54 Å². The number of carbonyl (C=O) groups excluding carboxylic acids is 1. The SMILES string of the molecule is O=C(NCC(O)C(F)(F)F)c1c(O)cc(Cl)cc1Cl. The van der Waals surface area contributed by atoms with Crippen LogP contribution in [0.5, 0.6) is 5.75 Å². The summed E-state index contributed by atoms with van der Waals surface area (Å²) < 4.78 is 36.1. The molecule has 19 heavy (non-hydrogen) atoms. The van der Waals surface area contributed by atoms with Crippen molar-refractivity contribution in [2.24, 2.45) is 0 Å². The Labute approximate surface area is 115 Å². The molecule has 3 N–H and O–H groups in total. The summed E-state index contributed by atoms with van der Waals surface area (Å²) in [6.07, 6.45) is -7.55. The maximum atomic E-state index is 12.0. The highest BCUT2D eigenvalue weighted by Gasteiger charge is 2.38. The molecule has 4 nitrogen and oxygen atoms in total. The smallest absolute Gasteiger partial charge is 0.416 e. The standard InChI is InChI=1S/C10H8Cl2F3NO3/c11-4-1-5(12)8(6(17)2-4)9(19)16-3-7(18)10(13,14)15/h1-2,7,17-18H,3H2,(H,16,19). The van der Waals surface area contributed by atoms with E-state index in [4.69, 9.17) is 28.3 Å². The van der Waals surface area contributed by atoms with E-state index in [1.165, 1.54) is 0 Å². The highest BCUT2D eigenvalue weighted by atomic mass is 35.5. The Bertz CT molecular complexity index is 470. The van der Waals surface area contributed by atoms with Crippen molar-refractivity contribution in [1.29, 1.82) is 0 Å². The van der Waals surface area contributed by atoms with Crippen LogP contribution in [0.3, 0.4) is 0 Å². The summed E-state index contributed by atoms with van der Waals surface area (Å²) in [5.41, 5.74) is -0.416. The van der Waals surface area contributed by atoms with Gasteiger partial charge >= 0.3 is 6.18 Å². The quantitative estimate of drug-likeness (QED) is 0.801. The fourth-order valence-corrected chi connectivity index (χ4v) is 1.75. The third-order valence-electron chi connectivity index (χ3n) is 2.10. The number of phenols is 1. The van der Waals surface area contributed by atoms with Gasteiger partial charge in [0.25, 0.3) is 5.91 Å². The van der Waals surface area contributed by atoms with Gasteiger partial charge in [0.05, 0.1) is 17.1 Å². The van der Waals surface area contributed by atoms with Crippen LogP contribution in [0.25, 0.3) is 0 Å². The number of carbonyl (C=O) groups is 1. The van der Waals surface area contributed by atoms with Gasteiger partial charge in [-0.2, -0.15) is 13.2 Å². The Hall–Kier alpha value is -1.18. The normalized spacial score (nSPS) is 13.2. The lowest BCUT2D eigenvalue weighted by Gasteiger charge is -2.15. The molecule has 0 aliphatic rings. The molecule has 0 aromatic heterocycles. The minimum Gasteiger partial charge on any atom is -0.507 e. The number of aliphatic hydroxyl groups is 1. The van der Waals surface area contributed by atoms with Crippen LogP contribution >= 0.6 is 23.2 Å². The second-order valence-corrected chi connectivity index (χ2v) is 4.39. The molecule has 9 heteroatoms. The van der Waals surface area contributed by atoms with Gasteiger partial charge < -0.3 is 15.5 Å². The van der Waals surface area contributed by atoms with Gasteiger partial charge in [-0.25, -0.2) is 0 Å². The highest BCUT2D eigenvalue weighted by molar-refractivity contribution is 6.37. The molecule has 0 radical (unpaired) electrons. The van der Waals surface area contributed by atoms with Crippen molar-refractivity contribution in [3.8, 4) is 5.75 Å². The van der Waals surface area contributed by atoms with E-state index >= 15 is 0 Å². The zero-order valence-electron chi connectivity index (χ0n) is 9.13. The van der Waals surface area contributed by atoms with Crippen LogP contribution in [-0.4, -0.2) is 34.9 Å². The number of amides is 1. The van der Waals surface area contributed by atoms with Gasteiger partial charge in [0.1, 0.15) is 5.75 Å². The predicted molar refractivity (Wildman–Crippen MR) is 62.5 cm³/mol. The molecule has 0 bridgehead atoms. The number of hydrogen-bond donors (Lipinski definition) is 3. The molecule has 1 aromatic rings. The first-order chi connectivity index (χ1) is 8.62. The minimum absolute atomic E-state index is 0.0642. The summed E-state index contributed by atoms with van der Waals surface area (Å²) in [5.74, 6) is -1.63. The second-order valence-electron chi connectivity index (χ2n) is 3.55. The topological polar surface area (TPSA) is 69.6 Å². The first-order valence-electron chi connectivity index (χ1n) is 4.84. The van der Waals surface area contributed by atoms with Crippen LogP contribution in [-0.2, 0) is 0 Å². The molecular formula is C10H8Cl2F3NO3. The molecule has 1 atom stereocenters. The molecule has 1 aromatic carbocycles. The van der Waals surface area contributed by atoms with E-state index in [2.05, 4.69) is 0 Å². The number of alkyl halides is 3. The van der Waals surface area contributed by atoms with E-state index < -0.39 is 36.0 Å². The molecule has 0 aliphatic heterocycles. The molecular weight excluding hydrogens is 310 g/mol. The largest absolute Gasteiger partial charge is 0.507 e. The van der Waals surface area contributed by atoms with Crippen molar-refractivity contribution >= 4 is 29.1 Å². The van der Waals surface area contributed by atoms with Crippen molar-refractivity contribution in [2.45, 2.75) is 12.3 Å². The van der Waals surface area contributed by atoms with E-state index in [9.17, 15) is 23.1 Å². The molecule has 1 rings (SSSR count). The lowest BCUT2D eigenvalue weighted by molar-refractivity contribution is -0.201. The fourth-order valence-electron chi connectivity index (χ4n) is 1.18. The molecule has 0 saturated carbocycles. The average molecular weight is 318 g/mol. The molecule has 1 amide bonds. The van der Waals surface area contributed by atoms with Crippen molar-refractivity contribution in [1.82, 2.24) is 5.32 Å². The Kier molecular flexibility index (Phi) is 4.89. The third kappa shape index (κ3) is 4.15. The number of aromatic hydroxyl groups is 1. The van der Waals surface area contributed by atoms with Crippen LogP contribution in [0, 0.1) is 0 Å². The number of phenolic OH excluding ortho intramolecular Hbond substituents is 1. The second kappa shape index (κ2) is 5.85. The number of nitrogens with one attached hydrogen (secondary N) is 1. The fraction of sp³-hybridized carbons (Fsp3) is 0.300. The maximum Gasteiger partial charge on any atom is 0.416 e. The Morgan fingerprint density at radius 2 is 1.95 bits per heavy atom. The summed E-state index contributed by atoms with van der Waals surface area (Å²) in [7, 11) is 0. The van der Waals surface area contributed by atoms with E-state index in [1.54, 1.807) is 0 Å². The Morgan fingerprint density at radius 1 is 1.37 bits per heavy atom. The van der Waals surface area contributed by atoms with Crippen LogP contribution in [0.15, 0.2) is 12.1 Å². The van der Waals surface area contributed by atoms with Crippen molar-refractivity contribution in [3.05, 3.63) is 27.7 Å². The average Bonchev–Trinajstić information content (AvgIpc) is 2.22. The number of benzene rings is 1. The molecule has 1 unspecified atom stereocenters. The molecule has 0 saturated heterocycles. The highest BCUT2D eigenvalue weighted by Crippen LogP contribution is 2.30. The zero-order chi connectivity index (χ0) is 14.8. The van der Waals surface area contributed by atoms with E-state index in [0.717, 1.165) is 12.1 Å². The number of halogens is 5. The van der Waals surface area contributed by atoms with Gasteiger partial charge in [-0.15, -0.1) is 0 Å². The Morgan fingerprint density at radius 3 is 2.42 bits per heavy atom. The van der Waals surface area contributed by atoms with E-state index in [-0.39, 0.29) is 10.0 Å². The number of rotatable bonds is 3. The number of hydrogen-bond acceptors (Lipinski definition) is 3.